The van der Waals surface area contributed by atoms with E-state index < -0.39 is 0 Å². The van der Waals surface area contributed by atoms with E-state index in [0.717, 1.165) is 5.75 Å². The van der Waals surface area contributed by atoms with E-state index in [9.17, 15) is 0 Å². The van der Waals surface area contributed by atoms with Gasteiger partial charge < -0.3 is 14.2 Å². The summed E-state index contributed by atoms with van der Waals surface area (Å²) in [6.45, 7) is 0.790. The van der Waals surface area contributed by atoms with Crippen LogP contribution in [0, 0.1) is 11.3 Å². The fourth-order valence-electron chi connectivity index (χ4n) is 2.11. The average Bonchev–Trinajstić information content (AvgIpc) is 2.67. The second-order valence-electron chi connectivity index (χ2n) is 5.08. The second kappa shape index (κ2) is 8.37. The molecule has 25 heavy (non-hydrogen) atoms. The van der Waals surface area contributed by atoms with Crippen LogP contribution in [-0.2, 0) is 0 Å². The highest BCUT2D eigenvalue weighted by atomic mass is 16.5. The van der Waals surface area contributed by atoms with Crippen LogP contribution in [-0.4, -0.2) is 18.2 Å². The molecule has 5 heteroatoms. The van der Waals surface area contributed by atoms with Gasteiger partial charge in [0.15, 0.2) is 0 Å². The number of nitriles is 1. The Labute approximate surface area is 146 Å². The van der Waals surface area contributed by atoms with Crippen molar-refractivity contribution in [3.05, 3.63) is 78.5 Å². The average molecular weight is 332 g/mol. The zero-order chi connectivity index (χ0) is 17.3. The second-order valence-corrected chi connectivity index (χ2v) is 5.08. The summed E-state index contributed by atoms with van der Waals surface area (Å²) in [5, 5.41) is 8.85. The topological polar surface area (TPSA) is 64.4 Å². The van der Waals surface area contributed by atoms with Crippen molar-refractivity contribution >= 4 is 0 Å². The molecule has 0 aliphatic carbocycles. The van der Waals surface area contributed by atoms with Crippen LogP contribution < -0.4 is 14.2 Å². The number of ether oxygens (including phenoxy) is 3. The molecule has 0 saturated heterocycles. The molecule has 0 aliphatic heterocycles. The predicted octanol–water partition coefficient (Wildman–Crippen LogP) is 4.20. The molecule has 124 valence electrons. The fraction of sp³-hybridized carbons (Fsp3) is 0.100. The van der Waals surface area contributed by atoms with E-state index in [4.69, 9.17) is 19.5 Å². The van der Waals surface area contributed by atoms with E-state index in [1.807, 2.05) is 42.5 Å². The van der Waals surface area contributed by atoms with E-state index >= 15 is 0 Å². The summed E-state index contributed by atoms with van der Waals surface area (Å²) in [5.41, 5.74) is 0.571. The van der Waals surface area contributed by atoms with Crippen molar-refractivity contribution < 1.29 is 14.2 Å². The lowest BCUT2D eigenvalue weighted by molar-refractivity contribution is 0.217. The highest BCUT2D eigenvalue weighted by Crippen LogP contribution is 2.22. The first-order valence-electron chi connectivity index (χ1n) is 7.78. The zero-order valence-electron chi connectivity index (χ0n) is 13.5. The summed E-state index contributed by atoms with van der Waals surface area (Å²) < 4.78 is 16.8. The van der Waals surface area contributed by atoms with Crippen molar-refractivity contribution in [1.82, 2.24) is 4.98 Å². The molecule has 5 nitrogen and oxygen atoms in total. The summed E-state index contributed by atoms with van der Waals surface area (Å²) in [5.74, 6) is 2.62. The van der Waals surface area contributed by atoms with Crippen LogP contribution in [0.25, 0.3) is 0 Å². The maximum atomic E-state index is 8.85. The van der Waals surface area contributed by atoms with Crippen molar-refractivity contribution in [2.24, 2.45) is 0 Å². The summed E-state index contributed by atoms with van der Waals surface area (Å²) >= 11 is 0. The zero-order valence-corrected chi connectivity index (χ0v) is 13.5. The molecule has 0 radical (unpaired) electrons. The molecular formula is C20H16N2O3. The molecule has 0 bridgehead atoms. The third-order valence-corrected chi connectivity index (χ3v) is 3.27. The van der Waals surface area contributed by atoms with Crippen LogP contribution in [0.1, 0.15) is 5.56 Å². The molecule has 1 heterocycles. The molecular weight excluding hydrogens is 316 g/mol. The van der Waals surface area contributed by atoms with E-state index in [1.54, 1.807) is 30.5 Å². The molecule has 1 aromatic heterocycles. The Morgan fingerprint density at radius 2 is 1.56 bits per heavy atom. The molecule has 0 amide bonds. The first-order chi connectivity index (χ1) is 12.3. The third kappa shape index (κ3) is 4.98. The van der Waals surface area contributed by atoms with E-state index in [-0.39, 0.29) is 0 Å². The smallest absolute Gasteiger partial charge is 0.219 e. The Kier molecular flexibility index (Phi) is 5.47. The lowest BCUT2D eigenvalue weighted by atomic mass is 10.2. The minimum atomic E-state index is 0.390. The lowest BCUT2D eigenvalue weighted by Gasteiger charge is -2.09. The van der Waals surface area contributed by atoms with Crippen molar-refractivity contribution in [2.75, 3.05) is 13.2 Å². The highest BCUT2D eigenvalue weighted by molar-refractivity contribution is 5.36. The summed E-state index contributed by atoms with van der Waals surface area (Å²) in [6, 6.07) is 21.9. The number of pyridine rings is 1. The van der Waals surface area contributed by atoms with E-state index in [0.29, 0.717) is 36.2 Å². The molecule has 2 aromatic carbocycles. The SMILES string of the molecule is N#Cc1cccc(OCCOc2ccc(Oc3ccccn3)cc2)c1. The normalized spacial score (nSPS) is 9.88. The van der Waals surface area contributed by atoms with Gasteiger partial charge in [0.25, 0.3) is 0 Å². The summed E-state index contributed by atoms with van der Waals surface area (Å²) in [7, 11) is 0. The molecule has 0 unspecified atom stereocenters. The van der Waals surface area contributed by atoms with Gasteiger partial charge in [-0.25, -0.2) is 4.98 Å². The Balaban J connectivity index is 1.45. The van der Waals surface area contributed by atoms with Gasteiger partial charge in [-0.3, -0.25) is 0 Å². The van der Waals surface area contributed by atoms with Gasteiger partial charge in [0.2, 0.25) is 5.88 Å². The minimum Gasteiger partial charge on any atom is -0.490 e. The van der Waals surface area contributed by atoms with Crippen LogP contribution in [0.4, 0.5) is 0 Å². The third-order valence-electron chi connectivity index (χ3n) is 3.27. The predicted molar refractivity (Wildman–Crippen MR) is 92.9 cm³/mol. The molecule has 0 spiro atoms. The molecule has 0 aliphatic rings. The van der Waals surface area contributed by atoms with Gasteiger partial charge in [-0.05, 0) is 48.5 Å². The van der Waals surface area contributed by atoms with E-state index in [2.05, 4.69) is 11.1 Å². The van der Waals surface area contributed by atoms with Crippen LogP contribution in [0.3, 0.4) is 0 Å². The van der Waals surface area contributed by atoms with Crippen LogP contribution in [0.5, 0.6) is 23.1 Å². The molecule has 3 rings (SSSR count). The largest absolute Gasteiger partial charge is 0.490 e. The fourth-order valence-corrected chi connectivity index (χ4v) is 2.11. The Bertz CT molecular complexity index is 843. The molecule has 3 aromatic rings. The Hall–Kier alpha value is -3.52. The first kappa shape index (κ1) is 16.3. The number of rotatable bonds is 7. The van der Waals surface area contributed by atoms with Gasteiger partial charge >= 0.3 is 0 Å². The summed E-state index contributed by atoms with van der Waals surface area (Å²) in [4.78, 5) is 4.11. The molecule has 0 atom stereocenters. The van der Waals surface area contributed by atoms with Gasteiger partial charge in [0.1, 0.15) is 30.5 Å². The van der Waals surface area contributed by atoms with Crippen LogP contribution in [0.15, 0.2) is 72.9 Å². The van der Waals surface area contributed by atoms with Crippen LogP contribution >= 0.6 is 0 Å². The van der Waals surface area contributed by atoms with Crippen molar-refractivity contribution in [3.8, 4) is 29.2 Å². The maximum Gasteiger partial charge on any atom is 0.219 e. The minimum absolute atomic E-state index is 0.390. The van der Waals surface area contributed by atoms with Gasteiger partial charge in [0, 0.05) is 12.3 Å². The number of benzene rings is 2. The Morgan fingerprint density at radius 1 is 0.800 bits per heavy atom. The van der Waals surface area contributed by atoms with E-state index in [1.165, 1.54) is 0 Å². The van der Waals surface area contributed by atoms with Gasteiger partial charge in [-0.1, -0.05) is 12.1 Å². The number of nitrogens with zero attached hydrogens (tertiary/aromatic N) is 2. The van der Waals surface area contributed by atoms with Gasteiger partial charge in [-0.2, -0.15) is 5.26 Å². The maximum absolute atomic E-state index is 8.85. The highest BCUT2D eigenvalue weighted by Gasteiger charge is 2.00. The van der Waals surface area contributed by atoms with Crippen molar-refractivity contribution in [2.45, 2.75) is 0 Å². The number of aromatic nitrogens is 1. The van der Waals surface area contributed by atoms with Gasteiger partial charge in [-0.15, -0.1) is 0 Å². The van der Waals surface area contributed by atoms with Gasteiger partial charge in [0.05, 0.1) is 11.6 Å². The quantitative estimate of drug-likeness (QED) is 0.607. The number of hydrogen-bond donors (Lipinski definition) is 0. The molecule has 0 saturated carbocycles. The van der Waals surface area contributed by atoms with Crippen molar-refractivity contribution in [1.29, 1.82) is 5.26 Å². The van der Waals surface area contributed by atoms with Crippen LogP contribution in [0.2, 0.25) is 0 Å². The first-order valence-corrected chi connectivity index (χ1v) is 7.78. The lowest BCUT2D eigenvalue weighted by Crippen LogP contribution is -2.08. The summed E-state index contributed by atoms with van der Waals surface area (Å²) in [6.07, 6.45) is 1.68. The number of hydrogen-bond acceptors (Lipinski definition) is 5. The molecule has 0 fully saturated rings. The standard InChI is InChI=1S/C20H16N2O3/c21-15-16-4-3-5-19(14-16)24-13-12-23-17-7-9-18(10-8-17)25-20-6-1-2-11-22-20/h1-11,14H,12-13H2. The Morgan fingerprint density at radius 3 is 2.28 bits per heavy atom. The molecule has 0 N–H and O–H groups in total. The van der Waals surface area contributed by atoms with Crippen molar-refractivity contribution in [3.63, 3.8) is 0 Å². The monoisotopic (exact) mass is 332 g/mol.